The number of hydrogen-bond acceptors (Lipinski definition) is 5. The number of rotatable bonds is 5. The van der Waals surface area contributed by atoms with Crippen LogP contribution in [-0.4, -0.2) is 35.6 Å². The van der Waals surface area contributed by atoms with Crippen molar-refractivity contribution < 1.29 is 10.0 Å². The Balaban J connectivity index is 2.30. The SMILES string of the molecule is CCN=C1C(=C(C)C)C(NCc2cccc(NC)c2)=CC(=O)N1O. The average Bonchev–Trinajstić information content (AvgIpc) is 2.57. The lowest BCUT2D eigenvalue weighted by molar-refractivity contribution is -0.143. The Labute approximate surface area is 142 Å². The predicted octanol–water partition coefficient (Wildman–Crippen LogP) is 2.69. The normalized spacial score (nSPS) is 16.3. The van der Waals surface area contributed by atoms with E-state index in [1.165, 1.54) is 6.08 Å². The number of benzene rings is 1. The van der Waals surface area contributed by atoms with Crippen molar-refractivity contribution in [3.05, 3.63) is 52.7 Å². The summed E-state index contributed by atoms with van der Waals surface area (Å²) in [7, 11) is 1.87. The third-order valence-electron chi connectivity index (χ3n) is 3.68. The molecule has 1 aromatic carbocycles. The van der Waals surface area contributed by atoms with Gasteiger partial charge in [0, 0.05) is 37.5 Å². The van der Waals surface area contributed by atoms with Gasteiger partial charge in [0.25, 0.3) is 5.91 Å². The largest absolute Gasteiger partial charge is 0.388 e. The Morgan fingerprint density at radius 1 is 1.33 bits per heavy atom. The van der Waals surface area contributed by atoms with Gasteiger partial charge in [-0.3, -0.25) is 15.0 Å². The molecule has 0 radical (unpaired) electrons. The Kier molecular flexibility index (Phi) is 5.76. The molecule has 0 atom stereocenters. The van der Waals surface area contributed by atoms with E-state index in [-0.39, 0.29) is 5.84 Å². The summed E-state index contributed by atoms with van der Waals surface area (Å²) < 4.78 is 0. The summed E-state index contributed by atoms with van der Waals surface area (Å²) in [6.45, 7) is 6.77. The molecule has 6 nitrogen and oxygen atoms in total. The number of amidine groups is 1. The molecule has 1 aromatic rings. The van der Waals surface area contributed by atoms with Gasteiger partial charge in [0.1, 0.15) is 0 Å². The van der Waals surface area contributed by atoms with Gasteiger partial charge in [-0.15, -0.1) is 0 Å². The van der Waals surface area contributed by atoms with Gasteiger partial charge in [-0.05, 0) is 38.5 Å². The van der Waals surface area contributed by atoms with Gasteiger partial charge in [0.2, 0.25) is 0 Å². The maximum atomic E-state index is 12.0. The smallest absolute Gasteiger partial charge is 0.278 e. The maximum absolute atomic E-state index is 12.0. The summed E-state index contributed by atoms with van der Waals surface area (Å²) in [5.41, 5.74) is 4.51. The Bertz CT molecular complexity index is 715. The average molecular weight is 328 g/mol. The van der Waals surface area contributed by atoms with E-state index in [0.717, 1.165) is 22.4 Å². The highest BCUT2D eigenvalue weighted by molar-refractivity contribution is 6.15. The molecule has 1 aliphatic rings. The van der Waals surface area contributed by atoms with Crippen LogP contribution in [-0.2, 0) is 11.3 Å². The molecule has 0 saturated carbocycles. The van der Waals surface area contributed by atoms with Crippen molar-refractivity contribution in [3.8, 4) is 0 Å². The van der Waals surface area contributed by atoms with Gasteiger partial charge in [0.05, 0.1) is 5.70 Å². The zero-order valence-electron chi connectivity index (χ0n) is 14.6. The molecule has 2 rings (SSSR count). The lowest BCUT2D eigenvalue weighted by Crippen LogP contribution is -2.41. The van der Waals surface area contributed by atoms with Gasteiger partial charge < -0.3 is 10.6 Å². The lowest BCUT2D eigenvalue weighted by atomic mass is 10.0. The molecule has 3 N–H and O–H groups in total. The number of aliphatic imine (C=N–C) groups is 1. The minimum Gasteiger partial charge on any atom is -0.388 e. The molecule has 6 heteroatoms. The van der Waals surface area contributed by atoms with E-state index >= 15 is 0 Å². The van der Waals surface area contributed by atoms with E-state index < -0.39 is 5.91 Å². The number of nitrogens with one attached hydrogen (secondary N) is 2. The molecule has 0 bridgehead atoms. The van der Waals surface area contributed by atoms with Crippen LogP contribution in [0, 0.1) is 0 Å². The zero-order chi connectivity index (χ0) is 17.7. The number of allylic oxidation sites excluding steroid dienone is 1. The molecule has 0 aliphatic carbocycles. The lowest BCUT2D eigenvalue weighted by Gasteiger charge is -2.27. The number of carbonyl (C=O) groups is 1. The zero-order valence-corrected chi connectivity index (χ0v) is 14.6. The summed E-state index contributed by atoms with van der Waals surface area (Å²) in [6.07, 6.45) is 1.40. The van der Waals surface area contributed by atoms with Crippen LogP contribution < -0.4 is 10.6 Å². The highest BCUT2D eigenvalue weighted by atomic mass is 16.5. The van der Waals surface area contributed by atoms with Gasteiger partial charge in [-0.25, -0.2) is 0 Å². The number of amides is 1. The first-order valence-corrected chi connectivity index (χ1v) is 7.95. The van der Waals surface area contributed by atoms with Crippen molar-refractivity contribution in [2.75, 3.05) is 18.9 Å². The topological polar surface area (TPSA) is 77.0 Å². The van der Waals surface area contributed by atoms with Gasteiger partial charge in [0.15, 0.2) is 5.84 Å². The van der Waals surface area contributed by atoms with Gasteiger partial charge >= 0.3 is 0 Å². The summed E-state index contributed by atoms with van der Waals surface area (Å²) >= 11 is 0. The molecular weight excluding hydrogens is 304 g/mol. The third kappa shape index (κ3) is 3.83. The van der Waals surface area contributed by atoms with E-state index in [0.29, 0.717) is 23.8 Å². The molecule has 1 heterocycles. The van der Waals surface area contributed by atoms with E-state index in [9.17, 15) is 10.0 Å². The van der Waals surface area contributed by atoms with E-state index in [2.05, 4.69) is 15.6 Å². The highest BCUT2D eigenvalue weighted by Gasteiger charge is 2.29. The van der Waals surface area contributed by atoms with E-state index in [1.54, 1.807) is 0 Å². The molecule has 0 saturated heterocycles. The molecule has 0 unspecified atom stereocenters. The molecule has 0 spiro atoms. The van der Waals surface area contributed by atoms with Crippen LogP contribution >= 0.6 is 0 Å². The monoisotopic (exact) mass is 328 g/mol. The third-order valence-corrected chi connectivity index (χ3v) is 3.68. The van der Waals surface area contributed by atoms with Crippen molar-refractivity contribution in [1.29, 1.82) is 0 Å². The number of hydrogen-bond donors (Lipinski definition) is 3. The van der Waals surface area contributed by atoms with Gasteiger partial charge in [-0.2, -0.15) is 5.06 Å². The van der Waals surface area contributed by atoms with Crippen LogP contribution in [0.4, 0.5) is 5.69 Å². The maximum Gasteiger partial charge on any atom is 0.278 e. The van der Waals surface area contributed by atoms with Crippen molar-refractivity contribution >= 4 is 17.4 Å². The Hall–Kier alpha value is -2.60. The fourth-order valence-electron chi connectivity index (χ4n) is 2.55. The fourth-order valence-corrected chi connectivity index (χ4v) is 2.55. The molecular formula is C18H24N4O2. The molecule has 0 fully saturated rings. The molecule has 1 amide bonds. The van der Waals surface area contributed by atoms with E-state index in [1.807, 2.05) is 52.1 Å². The number of nitrogens with zero attached hydrogens (tertiary/aromatic N) is 2. The van der Waals surface area contributed by atoms with E-state index in [4.69, 9.17) is 0 Å². The molecule has 0 aromatic heterocycles. The molecule has 128 valence electrons. The number of hydroxylamine groups is 2. The van der Waals surface area contributed by atoms with Crippen LogP contribution in [0.5, 0.6) is 0 Å². The number of carbonyl (C=O) groups excluding carboxylic acids is 1. The Morgan fingerprint density at radius 2 is 2.08 bits per heavy atom. The van der Waals surface area contributed by atoms with Gasteiger partial charge in [-0.1, -0.05) is 17.7 Å². The Morgan fingerprint density at radius 3 is 2.71 bits per heavy atom. The second-order valence-electron chi connectivity index (χ2n) is 5.68. The van der Waals surface area contributed by atoms with Crippen LogP contribution in [0.15, 0.2) is 52.2 Å². The molecule has 1 aliphatic heterocycles. The first-order valence-electron chi connectivity index (χ1n) is 7.95. The highest BCUT2D eigenvalue weighted by Crippen LogP contribution is 2.22. The second kappa shape index (κ2) is 7.79. The fraction of sp³-hybridized carbons (Fsp3) is 0.333. The number of anilines is 1. The van der Waals surface area contributed by atoms with Crippen molar-refractivity contribution in [2.45, 2.75) is 27.3 Å². The van der Waals surface area contributed by atoms with Crippen LogP contribution in [0.3, 0.4) is 0 Å². The summed E-state index contributed by atoms with van der Waals surface area (Å²) in [6, 6.07) is 8.02. The van der Waals surface area contributed by atoms with Crippen molar-refractivity contribution in [2.24, 2.45) is 4.99 Å². The quantitative estimate of drug-likeness (QED) is 0.726. The first-order chi connectivity index (χ1) is 11.5. The predicted molar refractivity (Wildman–Crippen MR) is 95.9 cm³/mol. The molecule has 24 heavy (non-hydrogen) atoms. The summed E-state index contributed by atoms with van der Waals surface area (Å²) in [4.78, 5) is 16.3. The standard InChI is InChI=1S/C18H24N4O2/c1-5-20-18-17(12(2)3)15(10-16(23)22(18)24)21-11-13-7-6-8-14(9-13)19-4/h6-10,19,21,24H,5,11H2,1-4H3. The van der Waals surface area contributed by atoms with Crippen LogP contribution in [0.1, 0.15) is 26.3 Å². The first kappa shape index (κ1) is 17.7. The van der Waals surface area contributed by atoms with Crippen LogP contribution in [0.25, 0.3) is 0 Å². The summed E-state index contributed by atoms with van der Waals surface area (Å²) in [5, 5.41) is 17.0. The minimum atomic E-state index is -0.501. The summed E-state index contributed by atoms with van der Waals surface area (Å²) in [5.74, 6) is -0.213. The second-order valence-corrected chi connectivity index (χ2v) is 5.68. The van der Waals surface area contributed by atoms with Crippen LogP contribution in [0.2, 0.25) is 0 Å². The van der Waals surface area contributed by atoms with Crippen molar-refractivity contribution in [3.63, 3.8) is 0 Å². The minimum absolute atomic E-state index is 0.288. The van der Waals surface area contributed by atoms with Crippen molar-refractivity contribution in [1.82, 2.24) is 10.4 Å².